The van der Waals surface area contributed by atoms with E-state index in [0.29, 0.717) is 24.9 Å². The van der Waals surface area contributed by atoms with E-state index in [1.807, 2.05) is 6.07 Å². The van der Waals surface area contributed by atoms with Crippen LogP contribution in [-0.4, -0.2) is 34.7 Å². The van der Waals surface area contributed by atoms with E-state index in [2.05, 4.69) is 53.6 Å². The largest absolute Gasteiger partial charge is 0.424 e. The molecule has 6 nitrogen and oxygen atoms in total. The lowest BCUT2D eigenvalue weighted by atomic mass is 9.88. The molecule has 1 aromatic heterocycles. The maximum absolute atomic E-state index is 12.4. The fraction of sp³-hybridized carbons (Fsp3) is 0.500. The summed E-state index contributed by atoms with van der Waals surface area (Å²) in [6.07, 6.45) is 1.07. The number of aromatic nitrogens is 2. The predicted molar refractivity (Wildman–Crippen MR) is 90.4 cm³/mol. The van der Waals surface area contributed by atoms with E-state index in [0.717, 1.165) is 6.42 Å². The third kappa shape index (κ3) is 3.00. The SMILES string of the molecule is Cc1nnc(CN(C)C(=O)NCC2(c3ccccc3)CC2(C)C)o1. The van der Waals surface area contributed by atoms with E-state index >= 15 is 0 Å². The van der Waals surface area contributed by atoms with Gasteiger partial charge in [-0.3, -0.25) is 0 Å². The number of carbonyl (C=O) groups excluding carboxylic acids is 1. The first-order chi connectivity index (χ1) is 11.3. The topological polar surface area (TPSA) is 71.3 Å². The van der Waals surface area contributed by atoms with Crippen LogP contribution in [0.15, 0.2) is 34.7 Å². The molecule has 128 valence electrons. The highest BCUT2D eigenvalue weighted by Crippen LogP contribution is 2.63. The first-order valence-corrected chi connectivity index (χ1v) is 8.18. The summed E-state index contributed by atoms with van der Waals surface area (Å²) in [7, 11) is 1.72. The number of amides is 2. The molecule has 0 saturated heterocycles. The highest BCUT2D eigenvalue weighted by Gasteiger charge is 2.61. The standard InChI is InChI=1S/C18H24N4O2/c1-13-20-21-15(24-13)10-22(4)16(23)19-12-18(11-17(18,2)3)14-8-6-5-7-9-14/h5-9H,10-12H2,1-4H3,(H,19,23). The number of carbonyl (C=O) groups is 1. The van der Waals surface area contributed by atoms with E-state index in [1.54, 1.807) is 18.9 Å². The molecule has 1 heterocycles. The van der Waals surface area contributed by atoms with E-state index in [4.69, 9.17) is 4.42 Å². The minimum atomic E-state index is -0.135. The maximum Gasteiger partial charge on any atom is 0.317 e. The molecule has 1 fully saturated rings. The molecule has 0 radical (unpaired) electrons. The molecule has 1 unspecified atom stereocenters. The van der Waals surface area contributed by atoms with Crippen LogP contribution in [-0.2, 0) is 12.0 Å². The maximum atomic E-state index is 12.4. The molecule has 1 atom stereocenters. The van der Waals surface area contributed by atoms with Gasteiger partial charge in [0.2, 0.25) is 11.8 Å². The fourth-order valence-electron chi connectivity index (χ4n) is 3.40. The molecule has 1 N–H and O–H groups in total. The Bertz CT molecular complexity index is 726. The monoisotopic (exact) mass is 328 g/mol. The van der Waals surface area contributed by atoms with Crippen LogP contribution in [0.2, 0.25) is 0 Å². The van der Waals surface area contributed by atoms with E-state index in [1.165, 1.54) is 5.56 Å². The summed E-state index contributed by atoms with van der Waals surface area (Å²) >= 11 is 0. The summed E-state index contributed by atoms with van der Waals surface area (Å²) in [5, 5.41) is 10.8. The minimum Gasteiger partial charge on any atom is -0.424 e. The van der Waals surface area contributed by atoms with Gasteiger partial charge in [0.15, 0.2) is 0 Å². The van der Waals surface area contributed by atoms with Crippen LogP contribution in [0.4, 0.5) is 4.79 Å². The molecule has 0 spiro atoms. The average molecular weight is 328 g/mol. The molecule has 2 aromatic rings. The minimum absolute atomic E-state index is 0.00579. The van der Waals surface area contributed by atoms with Gasteiger partial charge in [-0.1, -0.05) is 44.2 Å². The summed E-state index contributed by atoms with van der Waals surface area (Å²) in [6.45, 7) is 7.15. The smallest absolute Gasteiger partial charge is 0.317 e. The van der Waals surface area contributed by atoms with Gasteiger partial charge < -0.3 is 14.6 Å². The van der Waals surface area contributed by atoms with Gasteiger partial charge in [0, 0.05) is 25.9 Å². The van der Waals surface area contributed by atoms with Gasteiger partial charge >= 0.3 is 6.03 Å². The first kappa shape index (κ1) is 16.5. The molecule has 0 bridgehead atoms. The van der Waals surface area contributed by atoms with Crippen molar-refractivity contribution in [1.29, 1.82) is 0 Å². The van der Waals surface area contributed by atoms with Crippen LogP contribution in [0.5, 0.6) is 0 Å². The van der Waals surface area contributed by atoms with Gasteiger partial charge in [0.05, 0.1) is 0 Å². The number of nitrogens with zero attached hydrogens (tertiary/aromatic N) is 3. The number of hydrogen-bond donors (Lipinski definition) is 1. The van der Waals surface area contributed by atoms with Crippen molar-refractivity contribution >= 4 is 6.03 Å². The second-order valence-electron chi connectivity index (χ2n) is 7.24. The second-order valence-corrected chi connectivity index (χ2v) is 7.24. The van der Waals surface area contributed by atoms with Crippen molar-refractivity contribution in [3.8, 4) is 0 Å². The fourth-order valence-corrected chi connectivity index (χ4v) is 3.40. The first-order valence-electron chi connectivity index (χ1n) is 8.18. The third-order valence-corrected chi connectivity index (χ3v) is 5.07. The Morgan fingerprint density at radius 3 is 2.50 bits per heavy atom. The lowest BCUT2D eigenvalue weighted by Crippen LogP contribution is -2.41. The molecule has 1 aliphatic rings. The van der Waals surface area contributed by atoms with Gasteiger partial charge in [0.25, 0.3) is 0 Å². The Balaban J connectivity index is 1.62. The highest BCUT2D eigenvalue weighted by molar-refractivity contribution is 5.74. The molecule has 3 rings (SSSR count). The third-order valence-electron chi connectivity index (χ3n) is 5.07. The highest BCUT2D eigenvalue weighted by atomic mass is 16.4. The molecule has 6 heteroatoms. The van der Waals surface area contributed by atoms with Crippen LogP contribution in [0.3, 0.4) is 0 Å². The zero-order chi connectivity index (χ0) is 17.4. The quantitative estimate of drug-likeness (QED) is 0.916. The van der Waals surface area contributed by atoms with Crippen LogP contribution >= 0.6 is 0 Å². The van der Waals surface area contributed by atoms with Gasteiger partial charge in [-0.25, -0.2) is 4.79 Å². The molecule has 1 aliphatic carbocycles. The Morgan fingerprint density at radius 2 is 1.96 bits per heavy atom. The number of benzene rings is 1. The van der Waals surface area contributed by atoms with Gasteiger partial charge in [-0.15, -0.1) is 10.2 Å². The molecule has 0 aliphatic heterocycles. The predicted octanol–water partition coefficient (Wildman–Crippen LogP) is 2.89. The number of nitrogens with one attached hydrogen (secondary N) is 1. The van der Waals surface area contributed by atoms with Crippen molar-refractivity contribution in [3.63, 3.8) is 0 Å². The van der Waals surface area contributed by atoms with E-state index in [-0.39, 0.29) is 16.9 Å². The lowest BCUT2D eigenvalue weighted by Gasteiger charge is -2.24. The van der Waals surface area contributed by atoms with E-state index < -0.39 is 0 Å². The Hall–Kier alpha value is -2.37. The van der Waals surface area contributed by atoms with Gasteiger partial charge in [-0.05, 0) is 17.4 Å². The van der Waals surface area contributed by atoms with Crippen molar-refractivity contribution in [3.05, 3.63) is 47.7 Å². The average Bonchev–Trinajstić information content (AvgIpc) is 2.88. The summed E-state index contributed by atoms with van der Waals surface area (Å²) in [4.78, 5) is 14.0. The Kier molecular flexibility index (Phi) is 4.07. The van der Waals surface area contributed by atoms with Gasteiger partial charge in [-0.2, -0.15) is 0 Å². The lowest BCUT2D eigenvalue weighted by molar-refractivity contribution is 0.200. The molecular weight excluding hydrogens is 304 g/mol. The number of hydrogen-bond acceptors (Lipinski definition) is 4. The van der Waals surface area contributed by atoms with Crippen LogP contribution in [0, 0.1) is 12.3 Å². The van der Waals surface area contributed by atoms with Crippen LogP contribution in [0.1, 0.15) is 37.6 Å². The number of rotatable bonds is 5. The summed E-state index contributed by atoms with van der Waals surface area (Å²) in [5.41, 5.74) is 1.47. The van der Waals surface area contributed by atoms with Crippen LogP contribution in [0.25, 0.3) is 0 Å². The zero-order valence-corrected chi connectivity index (χ0v) is 14.7. The number of urea groups is 1. The number of aryl methyl sites for hydroxylation is 1. The molecular formula is C18H24N4O2. The van der Waals surface area contributed by atoms with Crippen molar-refractivity contribution in [2.75, 3.05) is 13.6 Å². The molecule has 1 aromatic carbocycles. The molecule has 1 saturated carbocycles. The zero-order valence-electron chi connectivity index (χ0n) is 14.7. The summed E-state index contributed by atoms with van der Waals surface area (Å²) in [6, 6.07) is 10.3. The van der Waals surface area contributed by atoms with Crippen molar-refractivity contribution in [2.45, 2.75) is 39.2 Å². The summed E-state index contributed by atoms with van der Waals surface area (Å²) in [5.74, 6) is 0.941. The van der Waals surface area contributed by atoms with Gasteiger partial charge in [0.1, 0.15) is 6.54 Å². The van der Waals surface area contributed by atoms with Crippen molar-refractivity contribution < 1.29 is 9.21 Å². The Morgan fingerprint density at radius 1 is 1.29 bits per heavy atom. The Labute approximate surface area is 142 Å². The molecule has 2 amide bonds. The van der Waals surface area contributed by atoms with Crippen LogP contribution < -0.4 is 5.32 Å². The van der Waals surface area contributed by atoms with Crippen molar-refractivity contribution in [2.24, 2.45) is 5.41 Å². The van der Waals surface area contributed by atoms with Crippen molar-refractivity contribution in [1.82, 2.24) is 20.4 Å². The summed E-state index contributed by atoms with van der Waals surface area (Å²) < 4.78 is 5.32. The van der Waals surface area contributed by atoms with E-state index in [9.17, 15) is 4.79 Å². The normalized spacial score (nSPS) is 21.3. The molecule has 24 heavy (non-hydrogen) atoms. The second kappa shape index (κ2) is 5.92.